The summed E-state index contributed by atoms with van der Waals surface area (Å²) in [6.45, 7) is 8.25. The van der Waals surface area contributed by atoms with Crippen LogP contribution in [0.3, 0.4) is 0 Å². The lowest BCUT2D eigenvalue weighted by Gasteiger charge is -2.13. The van der Waals surface area contributed by atoms with Gasteiger partial charge in [0.15, 0.2) is 0 Å². The Morgan fingerprint density at radius 1 is 0.844 bits per heavy atom. The summed E-state index contributed by atoms with van der Waals surface area (Å²) < 4.78 is 2.19. The second kappa shape index (κ2) is 9.06. The summed E-state index contributed by atoms with van der Waals surface area (Å²) in [7, 11) is 0. The average molecular weight is 422 g/mol. The standard InChI is InChI=1S/C28H27N3O/c1-19-16-20(2)26(21(3)17-19)18-29-30-28(32)24-11-13-25(14-12-24)31-22(4)10-15-27(31)23-8-6-5-7-9-23/h5-18H,1-4H3,(H,30,32)/b29-18+. The van der Waals surface area contributed by atoms with E-state index >= 15 is 0 Å². The maximum absolute atomic E-state index is 12.6. The highest BCUT2D eigenvalue weighted by Crippen LogP contribution is 2.26. The molecule has 0 unspecified atom stereocenters. The zero-order valence-electron chi connectivity index (χ0n) is 18.9. The van der Waals surface area contributed by atoms with Crippen LogP contribution in [-0.2, 0) is 0 Å². The van der Waals surface area contributed by atoms with E-state index in [1.807, 2.05) is 42.5 Å². The zero-order valence-corrected chi connectivity index (χ0v) is 18.9. The summed E-state index contributed by atoms with van der Waals surface area (Å²) in [6, 6.07) is 26.3. The highest BCUT2D eigenvalue weighted by molar-refractivity contribution is 5.95. The maximum Gasteiger partial charge on any atom is 0.271 e. The summed E-state index contributed by atoms with van der Waals surface area (Å²) in [6.07, 6.45) is 1.71. The lowest BCUT2D eigenvalue weighted by atomic mass is 10.0. The molecule has 4 heteroatoms. The predicted octanol–water partition coefficient (Wildman–Crippen LogP) is 6.14. The van der Waals surface area contributed by atoms with Crippen LogP contribution in [0.15, 0.2) is 84.0 Å². The Morgan fingerprint density at radius 2 is 1.50 bits per heavy atom. The number of aromatic nitrogens is 1. The summed E-state index contributed by atoms with van der Waals surface area (Å²) in [5.74, 6) is -0.234. The number of hydrogen-bond donors (Lipinski definition) is 1. The first-order chi connectivity index (χ1) is 15.4. The molecule has 3 aromatic carbocycles. The summed E-state index contributed by atoms with van der Waals surface area (Å²) in [5.41, 5.74) is 12.2. The van der Waals surface area contributed by atoms with Gasteiger partial charge in [0, 0.05) is 22.5 Å². The fraction of sp³-hybridized carbons (Fsp3) is 0.143. The molecule has 0 saturated heterocycles. The third kappa shape index (κ3) is 4.40. The van der Waals surface area contributed by atoms with E-state index in [4.69, 9.17) is 0 Å². The van der Waals surface area contributed by atoms with Crippen LogP contribution in [0, 0.1) is 27.7 Å². The third-order valence-corrected chi connectivity index (χ3v) is 5.63. The molecule has 160 valence electrons. The van der Waals surface area contributed by atoms with Crippen molar-refractivity contribution in [1.29, 1.82) is 0 Å². The van der Waals surface area contributed by atoms with Gasteiger partial charge in [-0.2, -0.15) is 5.10 Å². The van der Waals surface area contributed by atoms with Gasteiger partial charge in [-0.1, -0.05) is 48.0 Å². The summed E-state index contributed by atoms with van der Waals surface area (Å²) in [4.78, 5) is 12.6. The molecule has 0 aliphatic heterocycles. The molecule has 0 fully saturated rings. The van der Waals surface area contributed by atoms with Gasteiger partial charge in [-0.25, -0.2) is 5.43 Å². The van der Waals surface area contributed by atoms with Crippen molar-refractivity contribution < 1.29 is 4.79 Å². The highest BCUT2D eigenvalue weighted by Gasteiger charge is 2.11. The molecule has 1 amide bonds. The molecule has 0 bridgehead atoms. The van der Waals surface area contributed by atoms with Crippen molar-refractivity contribution in [1.82, 2.24) is 9.99 Å². The minimum atomic E-state index is -0.234. The first-order valence-electron chi connectivity index (χ1n) is 10.7. The van der Waals surface area contributed by atoms with Crippen LogP contribution in [0.25, 0.3) is 16.9 Å². The number of aryl methyl sites for hydroxylation is 4. The number of rotatable bonds is 5. The Hall–Kier alpha value is -3.92. The SMILES string of the molecule is Cc1cc(C)c(/C=N/NC(=O)c2ccc(-n3c(C)ccc3-c3ccccc3)cc2)c(C)c1. The molecule has 0 aliphatic carbocycles. The molecular weight excluding hydrogens is 394 g/mol. The molecule has 1 heterocycles. The molecule has 0 atom stereocenters. The van der Waals surface area contributed by atoms with E-state index in [2.05, 4.69) is 79.2 Å². The number of nitrogens with zero attached hydrogens (tertiary/aromatic N) is 2. The van der Waals surface area contributed by atoms with Gasteiger partial charge in [-0.15, -0.1) is 0 Å². The van der Waals surface area contributed by atoms with E-state index < -0.39 is 0 Å². The lowest BCUT2D eigenvalue weighted by Crippen LogP contribution is -2.17. The van der Waals surface area contributed by atoms with Crippen LogP contribution in [0.1, 0.15) is 38.3 Å². The van der Waals surface area contributed by atoms with E-state index in [1.165, 1.54) is 5.56 Å². The molecule has 4 nitrogen and oxygen atoms in total. The average Bonchev–Trinajstić information content (AvgIpc) is 3.17. The molecule has 32 heavy (non-hydrogen) atoms. The van der Waals surface area contributed by atoms with Crippen molar-refractivity contribution >= 4 is 12.1 Å². The Balaban J connectivity index is 1.52. The van der Waals surface area contributed by atoms with Crippen LogP contribution in [-0.4, -0.2) is 16.7 Å². The van der Waals surface area contributed by atoms with E-state index in [-0.39, 0.29) is 5.91 Å². The van der Waals surface area contributed by atoms with Gasteiger partial charge < -0.3 is 4.57 Å². The van der Waals surface area contributed by atoms with Gasteiger partial charge in [-0.05, 0) is 80.8 Å². The van der Waals surface area contributed by atoms with E-state index in [1.54, 1.807) is 6.21 Å². The zero-order chi connectivity index (χ0) is 22.7. The van der Waals surface area contributed by atoms with Crippen LogP contribution in [0.4, 0.5) is 0 Å². The number of benzene rings is 3. The lowest BCUT2D eigenvalue weighted by molar-refractivity contribution is 0.0955. The van der Waals surface area contributed by atoms with Gasteiger partial charge >= 0.3 is 0 Å². The second-order valence-corrected chi connectivity index (χ2v) is 8.12. The summed E-state index contributed by atoms with van der Waals surface area (Å²) >= 11 is 0. The number of hydrogen-bond acceptors (Lipinski definition) is 2. The van der Waals surface area contributed by atoms with Gasteiger partial charge in [0.05, 0.1) is 11.9 Å². The number of carbonyl (C=O) groups excluding carboxylic acids is 1. The topological polar surface area (TPSA) is 46.4 Å². The molecule has 0 spiro atoms. The van der Waals surface area contributed by atoms with Gasteiger partial charge in [0.2, 0.25) is 0 Å². The maximum atomic E-state index is 12.6. The molecule has 1 N–H and O–H groups in total. The molecular formula is C28H27N3O. The van der Waals surface area contributed by atoms with Crippen LogP contribution >= 0.6 is 0 Å². The Bertz CT molecular complexity index is 1260. The third-order valence-electron chi connectivity index (χ3n) is 5.63. The van der Waals surface area contributed by atoms with Crippen molar-refractivity contribution in [2.24, 2.45) is 5.10 Å². The van der Waals surface area contributed by atoms with Crippen molar-refractivity contribution in [3.63, 3.8) is 0 Å². The Kier molecular flexibility index (Phi) is 6.04. The van der Waals surface area contributed by atoms with Crippen LogP contribution in [0.5, 0.6) is 0 Å². The summed E-state index contributed by atoms with van der Waals surface area (Å²) in [5, 5.41) is 4.18. The van der Waals surface area contributed by atoms with E-state index in [0.29, 0.717) is 5.56 Å². The second-order valence-electron chi connectivity index (χ2n) is 8.12. The van der Waals surface area contributed by atoms with Crippen LogP contribution < -0.4 is 5.43 Å². The van der Waals surface area contributed by atoms with Crippen molar-refractivity contribution in [2.45, 2.75) is 27.7 Å². The van der Waals surface area contributed by atoms with E-state index in [0.717, 1.165) is 39.3 Å². The Labute approximate surface area is 189 Å². The van der Waals surface area contributed by atoms with E-state index in [9.17, 15) is 4.79 Å². The van der Waals surface area contributed by atoms with Gasteiger partial charge in [-0.3, -0.25) is 4.79 Å². The van der Waals surface area contributed by atoms with Gasteiger partial charge in [0.1, 0.15) is 0 Å². The van der Waals surface area contributed by atoms with Crippen molar-refractivity contribution in [2.75, 3.05) is 0 Å². The smallest absolute Gasteiger partial charge is 0.271 e. The van der Waals surface area contributed by atoms with Crippen molar-refractivity contribution in [3.8, 4) is 16.9 Å². The quantitative estimate of drug-likeness (QED) is 0.305. The Morgan fingerprint density at radius 3 is 2.16 bits per heavy atom. The molecule has 1 aromatic heterocycles. The monoisotopic (exact) mass is 421 g/mol. The molecule has 4 aromatic rings. The molecule has 0 radical (unpaired) electrons. The molecule has 0 saturated carbocycles. The fourth-order valence-electron chi connectivity index (χ4n) is 4.09. The van der Waals surface area contributed by atoms with Crippen LogP contribution in [0.2, 0.25) is 0 Å². The minimum absolute atomic E-state index is 0.234. The fourth-order valence-corrected chi connectivity index (χ4v) is 4.09. The normalized spacial score (nSPS) is 11.1. The van der Waals surface area contributed by atoms with Gasteiger partial charge in [0.25, 0.3) is 5.91 Å². The van der Waals surface area contributed by atoms with Crippen molar-refractivity contribution in [3.05, 3.63) is 112 Å². The minimum Gasteiger partial charge on any atom is -0.314 e. The number of nitrogens with one attached hydrogen (secondary N) is 1. The number of hydrazone groups is 1. The molecule has 0 aliphatic rings. The number of amides is 1. The predicted molar refractivity (Wildman–Crippen MR) is 132 cm³/mol. The molecule has 4 rings (SSSR count). The first kappa shape index (κ1) is 21.3. The number of carbonyl (C=O) groups is 1. The largest absolute Gasteiger partial charge is 0.314 e. The first-order valence-corrected chi connectivity index (χ1v) is 10.7. The highest BCUT2D eigenvalue weighted by atomic mass is 16.2.